The van der Waals surface area contributed by atoms with Crippen LogP contribution < -0.4 is 11.1 Å². The Bertz CT molecular complexity index is 372. The minimum absolute atomic E-state index is 0.291. The molecule has 0 heterocycles. The van der Waals surface area contributed by atoms with Crippen LogP contribution >= 0.6 is 0 Å². The second kappa shape index (κ2) is 15.0. The maximum atomic E-state index is 11.7. The number of amides is 2. The molecule has 1 atom stereocenters. The van der Waals surface area contributed by atoms with Crippen LogP contribution in [0, 0.1) is 0 Å². The highest BCUT2D eigenvalue weighted by Crippen LogP contribution is 2.11. The monoisotopic (exact) mass is 342 g/mol. The number of hydrogen-bond donors (Lipinski definition) is 3. The number of carboxylic acids is 1. The lowest BCUT2D eigenvalue weighted by atomic mass is 10.1. The molecule has 0 aliphatic heterocycles. The molecule has 0 aliphatic rings. The summed E-state index contributed by atoms with van der Waals surface area (Å²) in [5.74, 6) is -2.31. The van der Waals surface area contributed by atoms with Crippen molar-refractivity contribution in [2.24, 2.45) is 5.73 Å². The Labute approximate surface area is 145 Å². The van der Waals surface area contributed by atoms with Gasteiger partial charge < -0.3 is 16.2 Å². The minimum atomic E-state index is -1.24. The standard InChI is InChI=1S/C18H34N2O4/c1-2-3-4-5-6-7-8-9-10-11-12-13-17(22)20-15(18(23)24)14-16(19)21/h15H,2-14H2,1H3,(H2,19,21)(H,20,22)(H,23,24)/t15-/m0/s1. The second-order valence-electron chi connectivity index (χ2n) is 6.41. The molecule has 0 spiro atoms. The highest BCUT2D eigenvalue weighted by molar-refractivity contribution is 5.88. The first-order chi connectivity index (χ1) is 11.5. The van der Waals surface area contributed by atoms with E-state index < -0.39 is 17.9 Å². The average molecular weight is 342 g/mol. The number of unbranched alkanes of at least 4 members (excludes halogenated alkanes) is 10. The van der Waals surface area contributed by atoms with Gasteiger partial charge in [0.1, 0.15) is 6.04 Å². The SMILES string of the molecule is CCCCCCCCCCCCCC(=O)N[C@@H](CC(N)=O)C(=O)O. The third-order valence-electron chi connectivity index (χ3n) is 4.05. The highest BCUT2D eigenvalue weighted by atomic mass is 16.4. The van der Waals surface area contributed by atoms with Crippen LogP contribution in [-0.2, 0) is 14.4 Å². The number of primary amides is 1. The van der Waals surface area contributed by atoms with E-state index in [0.717, 1.165) is 19.3 Å². The van der Waals surface area contributed by atoms with Gasteiger partial charge in [-0.15, -0.1) is 0 Å². The molecule has 0 rings (SSSR count). The van der Waals surface area contributed by atoms with Crippen LogP contribution in [0.25, 0.3) is 0 Å². The molecule has 0 radical (unpaired) electrons. The Morgan fingerprint density at radius 3 is 1.75 bits per heavy atom. The number of nitrogens with two attached hydrogens (primary N) is 1. The summed E-state index contributed by atoms with van der Waals surface area (Å²) in [6.45, 7) is 2.22. The van der Waals surface area contributed by atoms with Gasteiger partial charge >= 0.3 is 5.97 Å². The van der Waals surface area contributed by atoms with Crippen LogP contribution in [-0.4, -0.2) is 28.9 Å². The summed E-state index contributed by atoms with van der Waals surface area (Å²) in [6.07, 6.45) is 13.1. The maximum Gasteiger partial charge on any atom is 0.326 e. The van der Waals surface area contributed by atoms with Gasteiger partial charge in [0.25, 0.3) is 0 Å². The molecule has 140 valence electrons. The zero-order valence-electron chi connectivity index (χ0n) is 15.0. The third-order valence-corrected chi connectivity index (χ3v) is 4.05. The van der Waals surface area contributed by atoms with Crippen LogP contribution in [0.15, 0.2) is 0 Å². The third kappa shape index (κ3) is 14.0. The van der Waals surface area contributed by atoms with Gasteiger partial charge in [-0.2, -0.15) is 0 Å². The largest absolute Gasteiger partial charge is 0.480 e. The van der Waals surface area contributed by atoms with Crippen LogP contribution in [0.4, 0.5) is 0 Å². The smallest absolute Gasteiger partial charge is 0.326 e. The van der Waals surface area contributed by atoms with Crippen LogP contribution in [0.2, 0.25) is 0 Å². The Morgan fingerprint density at radius 1 is 0.875 bits per heavy atom. The lowest BCUT2D eigenvalue weighted by Gasteiger charge is -2.12. The number of carbonyl (C=O) groups is 3. The van der Waals surface area contributed by atoms with Gasteiger partial charge in [-0.1, -0.05) is 71.1 Å². The lowest BCUT2D eigenvalue weighted by molar-refractivity contribution is -0.143. The Balaban J connectivity index is 3.54. The molecule has 6 nitrogen and oxygen atoms in total. The Morgan fingerprint density at radius 2 is 1.33 bits per heavy atom. The quantitative estimate of drug-likeness (QED) is 0.374. The van der Waals surface area contributed by atoms with Gasteiger partial charge in [-0.25, -0.2) is 4.79 Å². The molecule has 0 aromatic rings. The molecule has 2 amide bonds. The van der Waals surface area contributed by atoms with Gasteiger partial charge in [0.15, 0.2) is 0 Å². The fourth-order valence-corrected chi connectivity index (χ4v) is 2.62. The van der Waals surface area contributed by atoms with E-state index >= 15 is 0 Å². The molecule has 0 bridgehead atoms. The molecule has 0 unspecified atom stereocenters. The fraction of sp³-hybridized carbons (Fsp3) is 0.833. The summed E-state index contributed by atoms with van der Waals surface area (Å²) in [5.41, 5.74) is 4.97. The summed E-state index contributed by atoms with van der Waals surface area (Å²) >= 11 is 0. The summed E-state index contributed by atoms with van der Waals surface area (Å²) in [7, 11) is 0. The van der Waals surface area contributed by atoms with Crippen LogP contribution in [0.5, 0.6) is 0 Å². The zero-order chi connectivity index (χ0) is 18.2. The van der Waals surface area contributed by atoms with Crippen molar-refractivity contribution in [3.05, 3.63) is 0 Å². The molecule has 4 N–H and O–H groups in total. The van der Waals surface area contributed by atoms with E-state index in [0.29, 0.717) is 6.42 Å². The second-order valence-corrected chi connectivity index (χ2v) is 6.41. The molecule has 0 saturated carbocycles. The fourth-order valence-electron chi connectivity index (χ4n) is 2.62. The molecule has 0 fully saturated rings. The van der Waals surface area contributed by atoms with Gasteiger partial charge in [0.05, 0.1) is 6.42 Å². The first-order valence-electron chi connectivity index (χ1n) is 9.27. The number of carboxylic acid groups (broad SMARTS) is 1. The first-order valence-corrected chi connectivity index (χ1v) is 9.27. The van der Waals surface area contributed by atoms with E-state index in [-0.39, 0.29) is 12.3 Å². The normalized spacial score (nSPS) is 11.9. The van der Waals surface area contributed by atoms with Gasteiger partial charge in [0, 0.05) is 6.42 Å². The van der Waals surface area contributed by atoms with E-state index in [9.17, 15) is 14.4 Å². The Hall–Kier alpha value is -1.59. The summed E-state index contributed by atoms with van der Waals surface area (Å²) in [5, 5.41) is 11.3. The summed E-state index contributed by atoms with van der Waals surface area (Å²) < 4.78 is 0. The molecule has 0 aromatic heterocycles. The highest BCUT2D eigenvalue weighted by Gasteiger charge is 2.21. The van der Waals surface area contributed by atoms with E-state index in [1.54, 1.807) is 0 Å². The molecule has 6 heteroatoms. The maximum absolute atomic E-state index is 11.7. The number of aliphatic carboxylic acids is 1. The van der Waals surface area contributed by atoms with Crippen molar-refractivity contribution in [2.75, 3.05) is 0 Å². The number of nitrogens with one attached hydrogen (secondary N) is 1. The van der Waals surface area contributed by atoms with Crippen molar-refractivity contribution in [3.8, 4) is 0 Å². The van der Waals surface area contributed by atoms with Gasteiger partial charge in [-0.05, 0) is 6.42 Å². The average Bonchev–Trinajstić information content (AvgIpc) is 2.51. The first kappa shape index (κ1) is 22.4. The van der Waals surface area contributed by atoms with Gasteiger partial charge in [-0.3, -0.25) is 9.59 Å². The molecular weight excluding hydrogens is 308 g/mol. The minimum Gasteiger partial charge on any atom is -0.480 e. The molecule has 0 aliphatic carbocycles. The predicted molar refractivity (Wildman–Crippen MR) is 94.5 cm³/mol. The van der Waals surface area contributed by atoms with Gasteiger partial charge in [0.2, 0.25) is 11.8 Å². The van der Waals surface area contributed by atoms with Crippen LogP contribution in [0.1, 0.15) is 90.4 Å². The number of hydrogen-bond acceptors (Lipinski definition) is 3. The zero-order valence-corrected chi connectivity index (χ0v) is 15.0. The van der Waals surface area contributed by atoms with Crippen molar-refractivity contribution >= 4 is 17.8 Å². The van der Waals surface area contributed by atoms with Crippen molar-refractivity contribution in [2.45, 2.75) is 96.4 Å². The van der Waals surface area contributed by atoms with E-state index in [1.807, 2.05) is 0 Å². The topological polar surface area (TPSA) is 109 Å². The Kier molecular flexibility index (Phi) is 14.0. The summed E-state index contributed by atoms with van der Waals surface area (Å²) in [4.78, 5) is 33.3. The van der Waals surface area contributed by atoms with Crippen molar-refractivity contribution in [1.29, 1.82) is 0 Å². The van der Waals surface area contributed by atoms with Crippen LogP contribution in [0.3, 0.4) is 0 Å². The van der Waals surface area contributed by atoms with Crippen molar-refractivity contribution in [3.63, 3.8) is 0 Å². The predicted octanol–water partition coefficient (Wildman–Crippen LogP) is 3.13. The summed E-state index contributed by atoms with van der Waals surface area (Å²) in [6, 6.07) is -1.22. The molecule has 0 aromatic carbocycles. The molecular formula is C18H34N2O4. The molecule has 0 saturated heterocycles. The lowest BCUT2D eigenvalue weighted by Crippen LogP contribution is -2.43. The van der Waals surface area contributed by atoms with E-state index in [4.69, 9.17) is 10.8 Å². The van der Waals surface area contributed by atoms with E-state index in [1.165, 1.54) is 51.4 Å². The molecule has 24 heavy (non-hydrogen) atoms. The number of carbonyl (C=O) groups excluding carboxylic acids is 2. The van der Waals surface area contributed by atoms with Crippen molar-refractivity contribution in [1.82, 2.24) is 5.32 Å². The van der Waals surface area contributed by atoms with Crippen molar-refractivity contribution < 1.29 is 19.5 Å². The van der Waals surface area contributed by atoms with E-state index in [2.05, 4.69) is 12.2 Å². The number of rotatable bonds is 16.